The SMILES string of the molecule is O=C(COc1cccc(-n2c(=O)nc(N3CCC(O)C3)c3ccc(Cl)cc32)c1)N1CCC(F)(F)CC1. The van der Waals surface area contributed by atoms with E-state index in [1.54, 1.807) is 42.5 Å². The van der Waals surface area contributed by atoms with Gasteiger partial charge >= 0.3 is 5.69 Å². The zero-order chi connectivity index (χ0) is 25.4. The standard InChI is InChI=1S/C25H25ClF2N4O4/c26-16-4-5-20-21(12-16)32(24(35)29-23(20)31-9-6-18(33)14-31)17-2-1-3-19(13-17)36-15-22(34)30-10-7-25(27,28)8-11-30/h1-5,12-13,18,33H,6-11,14-15H2. The molecular weight excluding hydrogens is 494 g/mol. The minimum Gasteiger partial charge on any atom is -0.484 e. The average Bonchev–Trinajstić information content (AvgIpc) is 3.28. The molecule has 1 aromatic heterocycles. The normalized spacial score (nSPS) is 19.6. The van der Waals surface area contributed by atoms with Crippen LogP contribution in [0.3, 0.4) is 0 Å². The van der Waals surface area contributed by atoms with E-state index in [4.69, 9.17) is 16.3 Å². The van der Waals surface area contributed by atoms with Gasteiger partial charge in [-0.2, -0.15) is 4.98 Å². The van der Waals surface area contributed by atoms with Crippen molar-refractivity contribution in [3.8, 4) is 11.4 Å². The molecule has 11 heteroatoms. The predicted molar refractivity (Wildman–Crippen MR) is 131 cm³/mol. The topological polar surface area (TPSA) is 87.9 Å². The Labute approximate surface area is 210 Å². The van der Waals surface area contributed by atoms with Gasteiger partial charge in [-0.25, -0.2) is 13.6 Å². The highest BCUT2D eigenvalue weighted by atomic mass is 35.5. The molecule has 190 valence electrons. The van der Waals surface area contributed by atoms with Crippen molar-refractivity contribution in [2.45, 2.75) is 31.3 Å². The Morgan fingerprint density at radius 2 is 1.94 bits per heavy atom. The number of nitrogens with zero attached hydrogens (tertiary/aromatic N) is 4. The largest absolute Gasteiger partial charge is 0.484 e. The first-order valence-electron chi connectivity index (χ1n) is 11.7. The number of likely N-dealkylation sites (tertiary alicyclic amines) is 1. The number of alkyl halides is 2. The highest BCUT2D eigenvalue weighted by molar-refractivity contribution is 6.31. The number of aliphatic hydroxyl groups excluding tert-OH is 1. The Morgan fingerprint density at radius 1 is 1.17 bits per heavy atom. The van der Waals surface area contributed by atoms with E-state index in [1.165, 1.54) is 9.47 Å². The number of halogens is 3. The molecule has 36 heavy (non-hydrogen) atoms. The van der Waals surface area contributed by atoms with Crippen molar-refractivity contribution >= 4 is 34.2 Å². The number of benzene rings is 2. The Hall–Kier alpha value is -3.24. The number of fused-ring (bicyclic) bond motifs is 1. The maximum absolute atomic E-state index is 13.4. The first kappa shape index (κ1) is 24.5. The molecular formula is C25H25ClF2N4O4. The summed E-state index contributed by atoms with van der Waals surface area (Å²) in [5.41, 5.74) is 0.486. The van der Waals surface area contributed by atoms with Gasteiger partial charge in [0.15, 0.2) is 6.61 Å². The Kier molecular flexibility index (Phi) is 6.57. The molecule has 0 bridgehead atoms. The lowest BCUT2D eigenvalue weighted by atomic mass is 10.1. The van der Waals surface area contributed by atoms with E-state index in [9.17, 15) is 23.5 Å². The van der Waals surface area contributed by atoms with Crippen LogP contribution in [0.25, 0.3) is 16.6 Å². The number of carbonyl (C=O) groups is 1. The van der Waals surface area contributed by atoms with Crippen molar-refractivity contribution in [3.63, 3.8) is 0 Å². The van der Waals surface area contributed by atoms with Gasteiger partial charge in [0.1, 0.15) is 11.6 Å². The fraction of sp³-hybridized carbons (Fsp3) is 0.400. The van der Waals surface area contributed by atoms with E-state index in [0.29, 0.717) is 52.7 Å². The number of rotatable bonds is 5. The summed E-state index contributed by atoms with van der Waals surface area (Å²) in [6, 6.07) is 11.8. The molecule has 0 radical (unpaired) electrons. The molecule has 2 aromatic carbocycles. The van der Waals surface area contributed by atoms with Gasteiger partial charge in [0.2, 0.25) is 0 Å². The predicted octanol–water partition coefficient (Wildman–Crippen LogP) is 3.25. The quantitative estimate of drug-likeness (QED) is 0.558. The molecule has 0 spiro atoms. The monoisotopic (exact) mass is 518 g/mol. The molecule has 2 aliphatic rings. The zero-order valence-corrected chi connectivity index (χ0v) is 20.1. The van der Waals surface area contributed by atoms with Gasteiger partial charge in [0.25, 0.3) is 11.8 Å². The van der Waals surface area contributed by atoms with Crippen LogP contribution in [0.1, 0.15) is 19.3 Å². The van der Waals surface area contributed by atoms with Crippen molar-refractivity contribution in [3.05, 3.63) is 58.0 Å². The van der Waals surface area contributed by atoms with Crippen LogP contribution >= 0.6 is 11.6 Å². The minimum atomic E-state index is -2.73. The summed E-state index contributed by atoms with van der Waals surface area (Å²) in [4.78, 5) is 33.2. The number of hydrogen-bond donors (Lipinski definition) is 1. The lowest BCUT2D eigenvalue weighted by molar-refractivity contribution is -0.139. The van der Waals surface area contributed by atoms with Gasteiger partial charge in [-0.05, 0) is 36.8 Å². The number of hydrogen-bond acceptors (Lipinski definition) is 6. The minimum absolute atomic E-state index is 0.0105. The van der Waals surface area contributed by atoms with Crippen molar-refractivity contribution in [2.75, 3.05) is 37.7 Å². The molecule has 3 heterocycles. The number of amides is 1. The van der Waals surface area contributed by atoms with Gasteiger partial charge in [-0.15, -0.1) is 0 Å². The highest BCUT2D eigenvalue weighted by Gasteiger charge is 2.35. The molecule has 1 atom stereocenters. The van der Waals surface area contributed by atoms with E-state index in [2.05, 4.69) is 4.98 Å². The molecule has 1 unspecified atom stereocenters. The summed E-state index contributed by atoms with van der Waals surface area (Å²) in [7, 11) is 0. The molecule has 5 rings (SSSR count). The summed E-state index contributed by atoms with van der Waals surface area (Å²) in [5, 5.41) is 11.1. The van der Waals surface area contributed by atoms with Crippen LogP contribution in [-0.2, 0) is 4.79 Å². The van der Waals surface area contributed by atoms with Gasteiger partial charge in [0, 0.05) is 55.5 Å². The van der Waals surface area contributed by atoms with Gasteiger partial charge in [-0.3, -0.25) is 9.36 Å². The van der Waals surface area contributed by atoms with Gasteiger partial charge in [-0.1, -0.05) is 17.7 Å². The molecule has 3 aromatic rings. The van der Waals surface area contributed by atoms with E-state index in [1.807, 2.05) is 4.90 Å². The van der Waals surface area contributed by atoms with E-state index in [0.717, 1.165) is 0 Å². The maximum Gasteiger partial charge on any atom is 0.354 e. The molecule has 2 aliphatic heterocycles. The molecule has 1 N–H and O–H groups in total. The van der Waals surface area contributed by atoms with Crippen LogP contribution in [0.2, 0.25) is 5.02 Å². The second kappa shape index (κ2) is 9.67. The number of carbonyl (C=O) groups excluding carboxylic acids is 1. The number of aliphatic hydroxyl groups is 1. The van der Waals surface area contributed by atoms with Crippen LogP contribution < -0.4 is 15.3 Å². The number of anilines is 1. The smallest absolute Gasteiger partial charge is 0.354 e. The number of piperidine rings is 1. The van der Waals surface area contributed by atoms with Crippen molar-refractivity contribution in [2.24, 2.45) is 0 Å². The van der Waals surface area contributed by atoms with Crippen molar-refractivity contribution in [1.82, 2.24) is 14.5 Å². The second-order valence-corrected chi connectivity index (χ2v) is 9.56. The molecule has 8 nitrogen and oxygen atoms in total. The van der Waals surface area contributed by atoms with Gasteiger partial charge in [0.05, 0.1) is 17.3 Å². The summed E-state index contributed by atoms with van der Waals surface area (Å²) in [6.45, 7) is 0.652. The van der Waals surface area contributed by atoms with Crippen LogP contribution in [0.15, 0.2) is 47.3 Å². The van der Waals surface area contributed by atoms with Crippen molar-refractivity contribution in [1.29, 1.82) is 0 Å². The number of aromatic nitrogens is 2. The Bertz CT molecular complexity index is 1360. The molecule has 1 amide bonds. The third-order valence-electron chi connectivity index (χ3n) is 6.58. The van der Waals surface area contributed by atoms with Crippen LogP contribution in [0.5, 0.6) is 5.75 Å². The lowest BCUT2D eigenvalue weighted by Crippen LogP contribution is -2.44. The number of β-amino-alcohol motifs (C(OH)–C–C–N with tert-alkyl or cyclic N) is 1. The molecule has 2 saturated heterocycles. The fourth-order valence-electron chi connectivity index (χ4n) is 4.64. The van der Waals surface area contributed by atoms with Gasteiger partial charge < -0.3 is 19.6 Å². The second-order valence-electron chi connectivity index (χ2n) is 9.13. The van der Waals surface area contributed by atoms with Crippen LogP contribution in [-0.4, -0.2) is 70.3 Å². The lowest BCUT2D eigenvalue weighted by Gasteiger charge is -2.31. The molecule has 0 aliphatic carbocycles. The van der Waals surface area contributed by atoms with E-state index < -0.39 is 17.7 Å². The Morgan fingerprint density at radius 3 is 2.67 bits per heavy atom. The summed E-state index contributed by atoms with van der Waals surface area (Å²) in [5.74, 6) is -2.27. The molecule has 0 saturated carbocycles. The van der Waals surface area contributed by atoms with E-state index in [-0.39, 0.29) is 38.4 Å². The fourth-order valence-corrected chi connectivity index (χ4v) is 4.81. The Balaban J connectivity index is 1.42. The summed E-state index contributed by atoms with van der Waals surface area (Å²) in [6.07, 6.45) is -0.592. The van der Waals surface area contributed by atoms with Crippen molar-refractivity contribution < 1.29 is 23.4 Å². The average molecular weight is 519 g/mol. The molecule has 2 fully saturated rings. The third-order valence-corrected chi connectivity index (χ3v) is 6.82. The first-order valence-corrected chi connectivity index (χ1v) is 12.1. The third kappa shape index (κ3) is 5.01. The van der Waals surface area contributed by atoms with E-state index >= 15 is 0 Å². The summed E-state index contributed by atoms with van der Waals surface area (Å²) >= 11 is 6.27. The van der Waals surface area contributed by atoms with Crippen LogP contribution in [0.4, 0.5) is 14.6 Å². The summed E-state index contributed by atoms with van der Waals surface area (Å²) < 4.78 is 33.8. The maximum atomic E-state index is 13.4. The first-order chi connectivity index (χ1) is 17.2. The zero-order valence-electron chi connectivity index (χ0n) is 19.4. The van der Waals surface area contributed by atoms with Crippen LogP contribution in [0, 0.1) is 0 Å². The number of ether oxygens (including phenoxy) is 1. The highest BCUT2D eigenvalue weighted by Crippen LogP contribution is 2.30.